The first-order chi connectivity index (χ1) is 9.85. The summed E-state index contributed by atoms with van der Waals surface area (Å²) in [5, 5.41) is 5.25. The maximum atomic E-state index is 12.6. The Morgan fingerprint density at radius 1 is 1.29 bits per heavy atom. The number of aryl methyl sites for hydroxylation is 1. The number of hydrogen-bond acceptors (Lipinski definition) is 3. The molecule has 2 aliphatic carbocycles. The van der Waals surface area contributed by atoms with Gasteiger partial charge in [-0.3, -0.25) is 4.79 Å². The average Bonchev–Trinajstić information content (AvgIpc) is 3.26. The van der Waals surface area contributed by atoms with Gasteiger partial charge in [0, 0.05) is 13.1 Å². The zero-order valence-corrected chi connectivity index (χ0v) is 12.9. The van der Waals surface area contributed by atoms with Gasteiger partial charge >= 0.3 is 0 Å². The van der Waals surface area contributed by atoms with Gasteiger partial charge in [0.05, 0.1) is 0 Å². The second-order valence-corrected chi connectivity index (χ2v) is 7.99. The topological polar surface area (TPSA) is 80.5 Å². The Balaban J connectivity index is 1.79. The van der Waals surface area contributed by atoms with E-state index in [9.17, 15) is 13.2 Å². The molecule has 1 unspecified atom stereocenters. The number of carbonyl (C=O) groups is 1. The molecule has 0 radical (unpaired) electrons. The summed E-state index contributed by atoms with van der Waals surface area (Å²) >= 11 is 0. The summed E-state index contributed by atoms with van der Waals surface area (Å²) in [5.74, 6) is -0.339. The second-order valence-electron chi connectivity index (χ2n) is 6.12. The minimum atomic E-state index is -3.83. The van der Waals surface area contributed by atoms with E-state index in [1.165, 1.54) is 11.1 Å². The molecule has 2 N–H and O–H groups in total. The van der Waals surface area contributed by atoms with Crippen LogP contribution in [0.15, 0.2) is 24.3 Å². The monoisotopic (exact) mass is 308 g/mol. The first kappa shape index (κ1) is 14.5. The van der Waals surface area contributed by atoms with E-state index in [-0.39, 0.29) is 11.9 Å². The summed E-state index contributed by atoms with van der Waals surface area (Å²) < 4.78 is 22.0. The molecule has 1 amide bonds. The van der Waals surface area contributed by atoms with E-state index in [2.05, 4.69) is 12.1 Å². The highest BCUT2D eigenvalue weighted by molar-refractivity contribution is 7.91. The van der Waals surface area contributed by atoms with Crippen LogP contribution in [0.2, 0.25) is 0 Å². The molecule has 21 heavy (non-hydrogen) atoms. The molecule has 0 spiro atoms. The molecule has 114 valence electrons. The molecule has 1 aromatic rings. The van der Waals surface area contributed by atoms with Crippen molar-refractivity contribution in [1.82, 2.24) is 4.90 Å². The highest BCUT2D eigenvalue weighted by Crippen LogP contribution is 2.44. The van der Waals surface area contributed by atoms with Crippen LogP contribution in [0.5, 0.6) is 0 Å². The smallest absolute Gasteiger partial charge is 0.245 e. The van der Waals surface area contributed by atoms with E-state index in [0.717, 1.165) is 19.3 Å². The van der Waals surface area contributed by atoms with Crippen molar-refractivity contribution in [3.63, 3.8) is 0 Å². The van der Waals surface area contributed by atoms with Crippen LogP contribution in [0, 0.1) is 0 Å². The molecular weight excluding hydrogens is 288 g/mol. The molecule has 1 aromatic carbocycles. The average molecular weight is 308 g/mol. The lowest BCUT2D eigenvalue weighted by atomic mass is 9.87. The summed E-state index contributed by atoms with van der Waals surface area (Å²) in [7, 11) is -2.13. The molecule has 6 heteroatoms. The predicted molar refractivity (Wildman–Crippen MR) is 80.1 cm³/mol. The summed E-state index contributed by atoms with van der Waals surface area (Å²) in [5.41, 5.74) is 2.57. The van der Waals surface area contributed by atoms with Crippen LogP contribution in [0.3, 0.4) is 0 Å². The van der Waals surface area contributed by atoms with E-state index in [0.29, 0.717) is 12.8 Å². The Morgan fingerprint density at radius 3 is 2.48 bits per heavy atom. The van der Waals surface area contributed by atoms with Gasteiger partial charge in [0.1, 0.15) is 0 Å². The van der Waals surface area contributed by atoms with Crippen molar-refractivity contribution in [2.45, 2.75) is 42.9 Å². The van der Waals surface area contributed by atoms with Crippen molar-refractivity contribution in [1.29, 1.82) is 0 Å². The Kier molecular flexibility index (Phi) is 3.33. The maximum Gasteiger partial charge on any atom is 0.245 e. The molecule has 3 rings (SSSR count). The van der Waals surface area contributed by atoms with Crippen LogP contribution in [0.4, 0.5) is 0 Å². The van der Waals surface area contributed by atoms with Gasteiger partial charge in [-0.15, -0.1) is 0 Å². The fraction of sp³-hybridized carbons (Fsp3) is 0.533. The van der Waals surface area contributed by atoms with Crippen LogP contribution in [-0.4, -0.2) is 37.1 Å². The van der Waals surface area contributed by atoms with E-state index in [4.69, 9.17) is 5.14 Å². The zero-order valence-electron chi connectivity index (χ0n) is 12.1. The highest BCUT2D eigenvalue weighted by atomic mass is 32.2. The lowest BCUT2D eigenvalue weighted by Crippen LogP contribution is -2.50. The van der Waals surface area contributed by atoms with Crippen LogP contribution in [0.1, 0.15) is 30.4 Å². The summed E-state index contributed by atoms with van der Waals surface area (Å²) in [4.78, 5) is 14.2. The molecule has 5 nitrogen and oxygen atoms in total. The minimum absolute atomic E-state index is 0.0478. The van der Waals surface area contributed by atoms with Crippen molar-refractivity contribution in [2.24, 2.45) is 5.14 Å². The van der Waals surface area contributed by atoms with Crippen molar-refractivity contribution < 1.29 is 13.2 Å². The van der Waals surface area contributed by atoms with Crippen LogP contribution in [0.25, 0.3) is 0 Å². The molecule has 0 saturated heterocycles. The summed E-state index contributed by atoms with van der Waals surface area (Å²) in [6, 6.07) is 8.25. The van der Waals surface area contributed by atoms with Gasteiger partial charge in [-0.25, -0.2) is 13.6 Å². The Bertz CT molecular complexity index is 680. The van der Waals surface area contributed by atoms with Crippen LogP contribution >= 0.6 is 0 Å². The minimum Gasteiger partial charge on any atom is -0.341 e. The quantitative estimate of drug-likeness (QED) is 0.898. The summed E-state index contributed by atoms with van der Waals surface area (Å²) in [6.07, 6.45) is 3.25. The second kappa shape index (κ2) is 4.81. The number of carbonyl (C=O) groups excluding carboxylic acids is 1. The molecule has 0 aromatic heterocycles. The number of likely N-dealkylation sites (N-methyl/N-ethyl adjacent to an activating group) is 1. The van der Waals surface area contributed by atoms with E-state index in [1.54, 1.807) is 11.9 Å². The van der Waals surface area contributed by atoms with Gasteiger partial charge in [0.15, 0.2) is 4.75 Å². The fourth-order valence-electron chi connectivity index (χ4n) is 3.23. The standard InChI is InChI=1S/C15H20N2O3S/c1-17(14(18)15(8-9-15)21(16,19)20)13-7-6-11-4-2-3-5-12(11)10-13/h2-5,13H,6-10H2,1H3,(H2,16,19,20). The third kappa shape index (κ3) is 2.36. The predicted octanol–water partition coefficient (Wildman–Crippen LogP) is 0.823. The van der Waals surface area contributed by atoms with Crippen LogP contribution in [-0.2, 0) is 27.7 Å². The number of nitrogens with two attached hydrogens (primary N) is 1. The normalized spacial score (nSPS) is 23.2. The van der Waals surface area contributed by atoms with E-state index < -0.39 is 14.8 Å². The number of nitrogens with zero attached hydrogens (tertiary/aromatic N) is 1. The number of benzene rings is 1. The maximum absolute atomic E-state index is 12.6. The van der Waals surface area contributed by atoms with Gasteiger partial charge < -0.3 is 4.90 Å². The largest absolute Gasteiger partial charge is 0.341 e. The highest BCUT2D eigenvalue weighted by Gasteiger charge is 2.61. The van der Waals surface area contributed by atoms with Gasteiger partial charge in [-0.05, 0) is 43.2 Å². The molecular formula is C15H20N2O3S. The lowest BCUT2D eigenvalue weighted by molar-refractivity contribution is -0.132. The number of primary sulfonamides is 1. The molecule has 1 atom stereocenters. The Hall–Kier alpha value is -1.40. The Morgan fingerprint density at radius 2 is 1.90 bits per heavy atom. The number of amides is 1. The Labute approximate surface area is 125 Å². The van der Waals surface area contributed by atoms with Crippen molar-refractivity contribution >= 4 is 15.9 Å². The molecule has 1 fully saturated rings. The molecule has 0 bridgehead atoms. The first-order valence-corrected chi connectivity index (χ1v) is 8.76. The SMILES string of the molecule is CN(C(=O)C1(S(N)(=O)=O)CC1)C1CCc2ccccc2C1. The fourth-order valence-corrected chi connectivity index (χ4v) is 4.29. The molecule has 1 saturated carbocycles. The number of rotatable bonds is 3. The number of sulfonamides is 1. The number of fused-ring (bicyclic) bond motifs is 1. The molecule has 0 heterocycles. The third-order valence-electron chi connectivity index (χ3n) is 4.83. The van der Waals surface area contributed by atoms with E-state index >= 15 is 0 Å². The number of hydrogen-bond donors (Lipinski definition) is 1. The van der Waals surface area contributed by atoms with Gasteiger partial charge in [-0.2, -0.15) is 0 Å². The van der Waals surface area contributed by atoms with Crippen molar-refractivity contribution in [3.8, 4) is 0 Å². The molecule has 2 aliphatic rings. The third-order valence-corrected chi connectivity index (χ3v) is 6.50. The van der Waals surface area contributed by atoms with Crippen molar-refractivity contribution in [3.05, 3.63) is 35.4 Å². The lowest BCUT2D eigenvalue weighted by Gasteiger charge is -2.34. The van der Waals surface area contributed by atoms with Gasteiger partial charge in [0.2, 0.25) is 15.9 Å². The van der Waals surface area contributed by atoms with Gasteiger partial charge in [0.25, 0.3) is 0 Å². The van der Waals surface area contributed by atoms with Crippen LogP contribution < -0.4 is 5.14 Å². The summed E-state index contributed by atoms with van der Waals surface area (Å²) in [6.45, 7) is 0. The van der Waals surface area contributed by atoms with E-state index in [1.807, 2.05) is 12.1 Å². The van der Waals surface area contributed by atoms with Crippen molar-refractivity contribution in [2.75, 3.05) is 7.05 Å². The first-order valence-electron chi connectivity index (χ1n) is 7.21. The van der Waals surface area contributed by atoms with Gasteiger partial charge in [-0.1, -0.05) is 24.3 Å². The zero-order chi connectivity index (χ0) is 15.3. The molecule has 0 aliphatic heterocycles.